The summed E-state index contributed by atoms with van der Waals surface area (Å²) in [7, 11) is 0. The fraction of sp³-hybridized carbons (Fsp3) is 1.00. The zero-order valence-corrected chi connectivity index (χ0v) is 10.9. The van der Waals surface area contributed by atoms with E-state index in [2.05, 4.69) is 35.8 Å². The average molecular weight is 228 g/mol. The Kier molecular flexibility index (Phi) is 4.35. The van der Waals surface area contributed by atoms with E-state index in [4.69, 9.17) is 0 Å². The molecule has 2 saturated heterocycles. The minimum Gasteiger partial charge on any atom is -0.314 e. The lowest BCUT2D eigenvalue weighted by Gasteiger charge is -2.35. The minimum absolute atomic E-state index is 0.810. The van der Waals surface area contributed by atoms with Gasteiger partial charge in [-0.15, -0.1) is 0 Å². The van der Waals surface area contributed by atoms with Gasteiger partial charge in [0.15, 0.2) is 0 Å². The van der Waals surface area contributed by atoms with E-state index in [0.717, 1.165) is 16.5 Å². The number of hydrogen-bond donors (Lipinski definition) is 1. The SMILES string of the molecule is CC1CN(CCC2CCCN2)CC(C)S1. The Balaban J connectivity index is 1.69. The van der Waals surface area contributed by atoms with Gasteiger partial charge in [0.05, 0.1) is 0 Å². The van der Waals surface area contributed by atoms with Gasteiger partial charge in [-0.2, -0.15) is 11.8 Å². The van der Waals surface area contributed by atoms with Gasteiger partial charge in [0, 0.05) is 29.6 Å². The largest absolute Gasteiger partial charge is 0.314 e. The molecule has 0 spiro atoms. The Morgan fingerprint density at radius 2 is 2.00 bits per heavy atom. The molecular weight excluding hydrogens is 204 g/mol. The molecule has 2 fully saturated rings. The first kappa shape index (κ1) is 11.7. The highest BCUT2D eigenvalue weighted by Gasteiger charge is 2.23. The van der Waals surface area contributed by atoms with Crippen LogP contribution in [0, 0.1) is 0 Å². The van der Waals surface area contributed by atoms with E-state index >= 15 is 0 Å². The second-order valence-corrected chi connectivity index (χ2v) is 6.98. The van der Waals surface area contributed by atoms with Gasteiger partial charge in [0.2, 0.25) is 0 Å². The van der Waals surface area contributed by atoms with Crippen LogP contribution in [0.25, 0.3) is 0 Å². The Hall–Kier alpha value is 0.270. The molecule has 2 heterocycles. The third kappa shape index (κ3) is 3.65. The van der Waals surface area contributed by atoms with Crippen LogP contribution in [0.2, 0.25) is 0 Å². The first-order valence-electron chi connectivity index (χ1n) is 6.35. The first-order valence-corrected chi connectivity index (χ1v) is 7.29. The van der Waals surface area contributed by atoms with Crippen LogP contribution in [-0.4, -0.2) is 47.6 Å². The van der Waals surface area contributed by atoms with Crippen molar-refractivity contribution in [2.45, 2.75) is 49.7 Å². The fourth-order valence-electron chi connectivity index (χ4n) is 2.81. The highest BCUT2D eigenvalue weighted by molar-refractivity contribution is 8.00. The second kappa shape index (κ2) is 5.55. The van der Waals surface area contributed by atoms with Gasteiger partial charge in [-0.3, -0.25) is 0 Å². The molecule has 0 amide bonds. The molecule has 1 N–H and O–H groups in total. The molecule has 0 aromatic rings. The molecule has 2 nitrogen and oxygen atoms in total. The summed E-state index contributed by atoms with van der Waals surface area (Å²) in [4.78, 5) is 2.66. The molecule has 15 heavy (non-hydrogen) atoms. The van der Waals surface area contributed by atoms with Crippen molar-refractivity contribution < 1.29 is 0 Å². The zero-order chi connectivity index (χ0) is 10.7. The molecule has 2 aliphatic rings. The minimum atomic E-state index is 0.810. The molecule has 0 bridgehead atoms. The molecule has 0 aromatic carbocycles. The number of rotatable bonds is 3. The van der Waals surface area contributed by atoms with Crippen molar-refractivity contribution in [3.63, 3.8) is 0 Å². The summed E-state index contributed by atoms with van der Waals surface area (Å²) in [6, 6.07) is 0.810. The number of nitrogens with one attached hydrogen (secondary N) is 1. The Labute approximate surface area is 98.2 Å². The average Bonchev–Trinajstić information content (AvgIpc) is 2.65. The van der Waals surface area contributed by atoms with Gasteiger partial charge < -0.3 is 10.2 Å². The van der Waals surface area contributed by atoms with Crippen LogP contribution in [0.15, 0.2) is 0 Å². The van der Waals surface area contributed by atoms with Crippen LogP contribution in [0.5, 0.6) is 0 Å². The van der Waals surface area contributed by atoms with Gasteiger partial charge in [0.25, 0.3) is 0 Å². The molecule has 0 aromatic heterocycles. The quantitative estimate of drug-likeness (QED) is 0.795. The monoisotopic (exact) mass is 228 g/mol. The maximum atomic E-state index is 3.59. The van der Waals surface area contributed by atoms with Crippen molar-refractivity contribution in [2.75, 3.05) is 26.2 Å². The number of thioether (sulfide) groups is 1. The third-order valence-corrected chi connectivity index (χ3v) is 4.68. The van der Waals surface area contributed by atoms with E-state index < -0.39 is 0 Å². The van der Waals surface area contributed by atoms with Gasteiger partial charge in [0.1, 0.15) is 0 Å². The topological polar surface area (TPSA) is 15.3 Å². The lowest BCUT2D eigenvalue weighted by Crippen LogP contribution is -2.42. The Morgan fingerprint density at radius 1 is 1.27 bits per heavy atom. The standard InChI is InChI=1S/C12H24N2S/c1-10-8-14(9-11(2)15-10)7-5-12-4-3-6-13-12/h10-13H,3-9H2,1-2H3. The molecule has 2 aliphatic heterocycles. The van der Waals surface area contributed by atoms with Crippen molar-refractivity contribution in [1.29, 1.82) is 0 Å². The van der Waals surface area contributed by atoms with Crippen LogP contribution >= 0.6 is 11.8 Å². The van der Waals surface area contributed by atoms with Crippen LogP contribution in [0.3, 0.4) is 0 Å². The van der Waals surface area contributed by atoms with Gasteiger partial charge in [-0.05, 0) is 32.4 Å². The summed E-state index contributed by atoms with van der Waals surface area (Å²) < 4.78 is 0. The van der Waals surface area contributed by atoms with E-state index in [0.29, 0.717) is 0 Å². The number of nitrogens with zero attached hydrogens (tertiary/aromatic N) is 1. The van der Waals surface area contributed by atoms with Crippen LogP contribution in [0.1, 0.15) is 33.1 Å². The van der Waals surface area contributed by atoms with Crippen molar-refractivity contribution >= 4 is 11.8 Å². The normalized spacial score (nSPS) is 38.4. The smallest absolute Gasteiger partial charge is 0.0149 e. The van der Waals surface area contributed by atoms with Gasteiger partial charge in [-0.1, -0.05) is 13.8 Å². The summed E-state index contributed by atoms with van der Waals surface area (Å²) in [6.45, 7) is 9.85. The summed E-state index contributed by atoms with van der Waals surface area (Å²) in [6.07, 6.45) is 4.13. The summed E-state index contributed by atoms with van der Waals surface area (Å²) in [5.41, 5.74) is 0. The summed E-state index contributed by atoms with van der Waals surface area (Å²) >= 11 is 2.15. The maximum Gasteiger partial charge on any atom is 0.0149 e. The molecule has 3 heteroatoms. The van der Waals surface area contributed by atoms with Crippen molar-refractivity contribution in [3.8, 4) is 0 Å². The molecule has 0 saturated carbocycles. The lowest BCUT2D eigenvalue weighted by molar-refractivity contribution is 0.257. The second-order valence-electron chi connectivity index (χ2n) is 5.10. The van der Waals surface area contributed by atoms with Crippen molar-refractivity contribution in [2.24, 2.45) is 0 Å². The predicted molar refractivity (Wildman–Crippen MR) is 68.6 cm³/mol. The van der Waals surface area contributed by atoms with E-state index in [1.807, 2.05) is 0 Å². The summed E-state index contributed by atoms with van der Waals surface area (Å²) in [5.74, 6) is 0. The summed E-state index contributed by atoms with van der Waals surface area (Å²) in [5, 5.41) is 5.24. The first-order chi connectivity index (χ1) is 7.24. The zero-order valence-electron chi connectivity index (χ0n) is 10.0. The van der Waals surface area contributed by atoms with Crippen LogP contribution < -0.4 is 5.32 Å². The Morgan fingerprint density at radius 3 is 2.60 bits per heavy atom. The fourth-order valence-corrected chi connectivity index (χ4v) is 4.20. The molecule has 88 valence electrons. The molecule has 0 aliphatic carbocycles. The molecule has 3 atom stereocenters. The maximum absolute atomic E-state index is 3.59. The van der Waals surface area contributed by atoms with Crippen molar-refractivity contribution in [3.05, 3.63) is 0 Å². The van der Waals surface area contributed by atoms with Crippen LogP contribution in [-0.2, 0) is 0 Å². The predicted octanol–water partition coefficient (Wildman–Crippen LogP) is 1.95. The molecule has 3 unspecified atom stereocenters. The van der Waals surface area contributed by atoms with E-state index in [1.54, 1.807) is 0 Å². The van der Waals surface area contributed by atoms with Crippen LogP contribution in [0.4, 0.5) is 0 Å². The highest BCUT2D eigenvalue weighted by Crippen LogP contribution is 2.25. The van der Waals surface area contributed by atoms with Gasteiger partial charge in [-0.25, -0.2) is 0 Å². The molecular formula is C12H24N2S. The van der Waals surface area contributed by atoms with Gasteiger partial charge >= 0.3 is 0 Å². The number of hydrogen-bond acceptors (Lipinski definition) is 3. The molecule has 2 rings (SSSR count). The highest BCUT2D eigenvalue weighted by atomic mass is 32.2. The molecule has 0 radical (unpaired) electrons. The van der Waals surface area contributed by atoms with Crippen molar-refractivity contribution in [1.82, 2.24) is 10.2 Å². The van der Waals surface area contributed by atoms with E-state index in [1.165, 1.54) is 45.4 Å². The van der Waals surface area contributed by atoms with E-state index in [9.17, 15) is 0 Å². The Bertz CT molecular complexity index is 182. The third-order valence-electron chi connectivity index (χ3n) is 3.45. The lowest BCUT2D eigenvalue weighted by atomic mass is 10.1. The van der Waals surface area contributed by atoms with E-state index in [-0.39, 0.29) is 0 Å².